The highest BCUT2D eigenvalue weighted by molar-refractivity contribution is 7.72. The first kappa shape index (κ1) is 18.7. The molecule has 0 spiro atoms. The molecule has 6 nitrogen and oxygen atoms in total. The van der Waals surface area contributed by atoms with Gasteiger partial charge in [0.25, 0.3) is 0 Å². The van der Waals surface area contributed by atoms with Crippen LogP contribution in [0.2, 0.25) is 39.3 Å². The van der Waals surface area contributed by atoms with Gasteiger partial charge in [0.1, 0.15) is 0 Å². The molecule has 1 atom stereocenters. The Morgan fingerprint density at radius 1 is 1.00 bits per heavy atom. The van der Waals surface area contributed by atoms with Gasteiger partial charge in [-0.25, -0.2) is 0 Å². The Bertz CT molecular complexity index is 357. The zero-order valence-corrected chi connectivity index (χ0v) is 15.3. The second kappa shape index (κ2) is 5.97. The molecule has 0 rings (SSSR count). The molecule has 0 saturated heterocycles. The van der Waals surface area contributed by atoms with E-state index < -0.39 is 37.7 Å². The Morgan fingerprint density at radius 2 is 1.33 bits per heavy atom. The average molecular weight is 338 g/mol. The molecular formula is C7H21FO6P2Si2. The van der Waals surface area contributed by atoms with Crippen molar-refractivity contribution in [2.75, 3.05) is 5.90 Å². The van der Waals surface area contributed by atoms with E-state index in [1.807, 2.05) is 0 Å². The molecule has 0 amide bonds. The van der Waals surface area contributed by atoms with Gasteiger partial charge in [-0.05, 0) is 43.8 Å². The van der Waals surface area contributed by atoms with Gasteiger partial charge in [0.2, 0.25) is 0 Å². The van der Waals surface area contributed by atoms with Crippen molar-refractivity contribution in [1.29, 1.82) is 0 Å². The Balaban J connectivity index is 5.18. The van der Waals surface area contributed by atoms with Crippen molar-refractivity contribution in [3.8, 4) is 0 Å². The van der Waals surface area contributed by atoms with Crippen molar-refractivity contribution in [2.24, 2.45) is 0 Å². The van der Waals surface area contributed by atoms with E-state index in [0.29, 0.717) is 0 Å². The molecule has 0 aromatic rings. The van der Waals surface area contributed by atoms with E-state index in [0.717, 1.165) is 0 Å². The van der Waals surface area contributed by atoms with Gasteiger partial charge in [-0.2, -0.15) is 0 Å². The summed E-state index contributed by atoms with van der Waals surface area (Å²) in [6.07, 6.45) is 0. The van der Waals surface area contributed by atoms with Crippen LogP contribution < -0.4 is 0 Å². The molecule has 1 unspecified atom stereocenters. The lowest BCUT2D eigenvalue weighted by molar-refractivity contribution is -0.0179. The lowest BCUT2D eigenvalue weighted by atomic mass is 11.8. The van der Waals surface area contributed by atoms with Crippen LogP contribution in [0.15, 0.2) is 0 Å². The molecule has 0 fully saturated rings. The molecule has 0 aliphatic carbocycles. The molecule has 0 heterocycles. The summed E-state index contributed by atoms with van der Waals surface area (Å²) in [4.78, 5) is 9.11. The third-order valence-electron chi connectivity index (χ3n) is 1.29. The van der Waals surface area contributed by atoms with Crippen LogP contribution in [0, 0.1) is 0 Å². The van der Waals surface area contributed by atoms with Gasteiger partial charge >= 0.3 is 15.2 Å². The highest BCUT2D eigenvalue weighted by Gasteiger charge is 2.43. The zero-order valence-electron chi connectivity index (χ0n) is 11.5. The predicted molar refractivity (Wildman–Crippen MR) is 73.4 cm³/mol. The molecule has 0 aliphatic heterocycles. The highest BCUT2D eigenvalue weighted by atomic mass is 31.2. The Hall–Kier alpha value is 0.664. The van der Waals surface area contributed by atoms with Gasteiger partial charge in [0, 0.05) is 0 Å². The SMILES string of the molecule is C[Si](C)(C)OP(=O)(CP(=O)(O)OF)O[Si](C)(C)C. The lowest BCUT2D eigenvalue weighted by Crippen LogP contribution is -2.30. The largest absolute Gasteiger partial charge is 0.372 e. The van der Waals surface area contributed by atoms with Crippen LogP contribution in [0.4, 0.5) is 4.53 Å². The minimum Gasteiger partial charge on any atom is -0.351 e. The van der Waals surface area contributed by atoms with Crippen molar-refractivity contribution in [2.45, 2.75) is 39.3 Å². The second-order valence-electron chi connectivity index (χ2n) is 5.87. The van der Waals surface area contributed by atoms with Crippen LogP contribution in [-0.4, -0.2) is 27.4 Å². The molecule has 0 radical (unpaired) electrons. The molecule has 1 N–H and O–H groups in total. The smallest absolute Gasteiger partial charge is 0.351 e. The Morgan fingerprint density at radius 3 is 1.56 bits per heavy atom. The van der Waals surface area contributed by atoms with Crippen molar-refractivity contribution >= 4 is 31.8 Å². The van der Waals surface area contributed by atoms with Gasteiger partial charge < -0.3 is 13.3 Å². The monoisotopic (exact) mass is 338 g/mol. The van der Waals surface area contributed by atoms with E-state index in [1.165, 1.54) is 0 Å². The summed E-state index contributed by atoms with van der Waals surface area (Å²) in [5.74, 6) is -0.967. The molecule has 110 valence electrons. The summed E-state index contributed by atoms with van der Waals surface area (Å²) in [5.41, 5.74) is 0. The topological polar surface area (TPSA) is 82.1 Å². The average Bonchev–Trinajstić information content (AvgIpc) is 1.93. The fourth-order valence-corrected chi connectivity index (χ4v) is 11.7. The van der Waals surface area contributed by atoms with Crippen LogP contribution in [0.1, 0.15) is 0 Å². The number of halogens is 1. The van der Waals surface area contributed by atoms with Crippen molar-refractivity contribution in [3.63, 3.8) is 0 Å². The lowest BCUT2D eigenvalue weighted by Gasteiger charge is -2.31. The number of rotatable bonds is 7. The van der Waals surface area contributed by atoms with Gasteiger partial charge in [-0.3, -0.25) is 9.13 Å². The fourth-order valence-electron chi connectivity index (χ4n) is 1.15. The minimum absolute atomic E-state index is 0.967. The van der Waals surface area contributed by atoms with Crippen LogP contribution >= 0.6 is 15.2 Å². The molecule has 0 aliphatic rings. The van der Waals surface area contributed by atoms with E-state index in [4.69, 9.17) is 13.3 Å². The third-order valence-corrected chi connectivity index (χ3v) is 10.9. The van der Waals surface area contributed by atoms with Crippen LogP contribution in [0.3, 0.4) is 0 Å². The molecule has 0 aromatic carbocycles. The summed E-state index contributed by atoms with van der Waals surface area (Å²) in [6.45, 7) is 10.5. The standard InChI is InChI=1S/C7H21FO6P2Si2/c1-17(2,3)13-16(11,14-18(4,5)6)7-15(9,10)12-8/h7H2,1-6H3,(H,9,10). The van der Waals surface area contributed by atoms with E-state index in [-0.39, 0.29) is 0 Å². The quantitative estimate of drug-likeness (QED) is 0.559. The summed E-state index contributed by atoms with van der Waals surface area (Å²) in [7, 11) is -13.0. The molecule has 11 heteroatoms. The maximum Gasteiger partial charge on any atom is 0.372 e. The van der Waals surface area contributed by atoms with Crippen LogP contribution in [-0.2, 0) is 22.3 Å². The molecular weight excluding hydrogens is 317 g/mol. The van der Waals surface area contributed by atoms with Gasteiger partial charge in [-0.1, -0.05) is 0 Å². The summed E-state index contributed by atoms with van der Waals surface area (Å²) >= 11 is 0. The zero-order chi connectivity index (χ0) is 14.8. The second-order valence-corrected chi connectivity index (χ2v) is 19.5. The summed E-state index contributed by atoms with van der Waals surface area (Å²) in [6, 6.07) is 0. The van der Waals surface area contributed by atoms with Crippen molar-refractivity contribution in [3.05, 3.63) is 0 Å². The Labute approximate surface area is 109 Å². The summed E-state index contributed by atoms with van der Waals surface area (Å²) in [5, 5.41) is 0. The Kier molecular flexibility index (Phi) is 6.19. The molecule has 18 heavy (non-hydrogen) atoms. The number of hydrogen-bond donors (Lipinski definition) is 1. The molecule has 0 aromatic heterocycles. The van der Waals surface area contributed by atoms with Crippen LogP contribution in [0.25, 0.3) is 0 Å². The van der Waals surface area contributed by atoms with E-state index in [9.17, 15) is 13.7 Å². The molecule has 0 saturated carbocycles. The van der Waals surface area contributed by atoms with Gasteiger partial charge in [0.05, 0.1) is 0 Å². The van der Waals surface area contributed by atoms with Gasteiger partial charge in [0.15, 0.2) is 22.5 Å². The molecule has 0 bridgehead atoms. The maximum atomic E-state index is 12.5. The first-order valence-corrected chi connectivity index (χ1v) is 15.6. The number of hydrogen-bond acceptors (Lipinski definition) is 5. The first-order chi connectivity index (χ1) is 7.68. The van der Waals surface area contributed by atoms with E-state index >= 15 is 0 Å². The minimum atomic E-state index is -4.60. The highest BCUT2D eigenvalue weighted by Crippen LogP contribution is 2.63. The predicted octanol–water partition coefficient (Wildman–Crippen LogP) is 3.93. The van der Waals surface area contributed by atoms with E-state index in [2.05, 4.69) is 4.73 Å². The normalized spacial score (nSPS) is 17.6. The third kappa shape index (κ3) is 8.71. The maximum absolute atomic E-state index is 12.5. The van der Waals surface area contributed by atoms with Crippen molar-refractivity contribution in [1.82, 2.24) is 0 Å². The van der Waals surface area contributed by atoms with Gasteiger partial charge in [-0.15, -0.1) is 4.73 Å². The summed E-state index contributed by atoms with van der Waals surface area (Å²) < 4.78 is 49.3. The fraction of sp³-hybridized carbons (Fsp3) is 1.00. The van der Waals surface area contributed by atoms with Crippen molar-refractivity contribution < 1.29 is 31.7 Å². The van der Waals surface area contributed by atoms with Crippen LogP contribution in [0.5, 0.6) is 0 Å². The van der Waals surface area contributed by atoms with E-state index in [1.54, 1.807) is 39.3 Å². The first-order valence-electron chi connectivity index (χ1n) is 5.31.